The summed E-state index contributed by atoms with van der Waals surface area (Å²) >= 11 is 2.21. The molecule has 0 aliphatic carbocycles. The number of rotatable bonds is 28. The summed E-state index contributed by atoms with van der Waals surface area (Å²) in [6, 6.07) is 22.2. The molecule has 0 bridgehead atoms. The SMILES string of the molecule is c1ccc(CC(CCCCCCCCCCSCCCCCCCCCCC(Cc2ccccc2)C2CCCO2)C2CCCO2)cc1. The molecule has 0 aromatic heterocycles. The highest BCUT2D eigenvalue weighted by molar-refractivity contribution is 7.99. The molecule has 0 radical (unpaired) electrons. The van der Waals surface area contributed by atoms with Crippen LogP contribution in [0.15, 0.2) is 60.7 Å². The van der Waals surface area contributed by atoms with Crippen LogP contribution < -0.4 is 0 Å². The van der Waals surface area contributed by atoms with Crippen molar-refractivity contribution in [3.05, 3.63) is 71.8 Å². The largest absolute Gasteiger partial charge is 0.378 e. The Bertz CT molecular complexity index is 889. The molecule has 0 spiro atoms. The molecule has 2 nitrogen and oxygen atoms in total. The predicted molar refractivity (Wildman–Crippen MR) is 206 cm³/mol. The van der Waals surface area contributed by atoms with Gasteiger partial charge in [0, 0.05) is 13.2 Å². The highest BCUT2D eigenvalue weighted by Gasteiger charge is 2.26. The summed E-state index contributed by atoms with van der Waals surface area (Å²) in [7, 11) is 0. The Morgan fingerprint density at radius 2 is 0.830 bits per heavy atom. The summed E-state index contributed by atoms with van der Waals surface area (Å²) in [4.78, 5) is 0. The van der Waals surface area contributed by atoms with Gasteiger partial charge in [0.25, 0.3) is 0 Å². The van der Waals surface area contributed by atoms with E-state index in [-0.39, 0.29) is 0 Å². The van der Waals surface area contributed by atoms with Gasteiger partial charge in [-0.2, -0.15) is 11.8 Å². The van der Waals surface area contributed by atoms with Crippen LogP contribution in [0.3, 0.4) is 0 Å². The summed E-state index contributed by atoms with van der Waals surface area (Å²) < 4.78 is 12.2. The maximum atomic E-state index is 6.11. The van der Waals surface area contributed by atoms with Gasteiger partial charge in [0.1, 0.15) is 0 Å². The summed E-state index contributed by atoms with van der Waals surface area (Å²) in [6.07, 6.45) is 33.8. The molecule has 47 heavy (non-hydrogen) atoms. The summed E-state index contributed by atoms with van der Waals surface area (Å²) in [5.41, 5.74) is 2.97. The van der Waals surface area contributed by atoms with Gasteiger partial charge < -0.3 is 9.47 Å². The van der Waals surface area contributed by atoms with Gasteiger partial charge >= 0.3 is 0 Å². The number of hydrogen-bond acceptors (Lipinski definition) is 3. The number of benzene rings is 2. The van der Waals surface area contributed by atoms with Crippen molar-refractivity contribution in [2.75, 3.05) is 24.7 Å². The van der Waals surface area contributed by atoms with Crippen molar-refractivity contribution in [1.82, 2.24) is 0 Å². The van der Waals surface area contributed by atoms with Crippen LogP contribution >= 0.6 is 11.8 Å². The first-order valence-corrected chi connectivity index (χ1v) is 21.4. The van der Waals surface area contributed by atoms with E-state index >= 15 is 0 Å². The molecule has 264 valence electrons. The molecular formula is C44H70O2S. The minimum absolute atomic E-state index is 0.500. The summed E-state index contributed by atoms with van der Waals surface area (Å²) in [5.74, 6) is 4.17. The number of ether oxygens (including phenoxy) is 2. The molecule has 4 unspecified atom stereocenters. The van der Waals surface area contributed by atoms with Gasteiger partial charge in [-0.05, 0) is 98.7 Å². The topological polar surface area (TPSA) is 18.5 Å². The van der Waals surface area contributed by atoms with Gasteiger partial charge in [-0.1, -0.05) is 151 Å². The molecule has 4 rings (SSSR count). The third-order valence-corrected chi connectivity index (χ3v) is 12.0. The smallest absolute Gasteiger partial charge is 0.0607 e. The van der Waals surface area contributed by atoms with Crippen molar-refractivity contribution in [3.8, 4) is 0 Å². The lowest BCUT2D eigenvalue weighted by atomic mass is 9.87. The maximum Gasteiger partial charge on any atom is 0.0607 e. The first-order valence-electron chi connectivity index (χ1n) is 20.3. The molecule has 2 aromatic carbocycles. The molecule has 0 amide bonds. The Kier molecular flexibility index (Phi) is 21.0. The van der Waals surface area contributed by atoms with Gasteiger partial charge in [0.2, 0.25) is 0 Å². The van der Waals surface area contributed by atoms with E-state index in [1.54, 1.807) is 0 Å². The number of unbranched alkanes of at least 4 members (excludes halogenated alkanes) is 14. The van der Waals surface area contributed by atoms with Crippen LogP contribution in [0, 0.1) is 11.8 Å². The van der Waals surface area contributed by atoms with E-state index in [1.165, 1.54) is 177 Å². The lowest BCUT2D eigenvalue weighted by Gasteiger charge is -2.23. The van der Waals surface area contributed by atoms with E-state index in [1.807, 2.05) is 0 Å². The molecule has 3 heteroatoms. The van der Waals surface area contributed by atoms with Crippen LogP contribution in [0.5, 0.6) is 0 Å². The zero-order valence-corrected chi connectivity index (χ0v) is 30.9. The van der Waals surface area contributed by atoms with Gasteiger partial charge in [-0.15, -0.1) is 0 Å². The standard InChI is InChI=1S/C44H70O2S/c1(5-9-19-29-41(43-31-23-33-45-43)37-39-25-15-13-16-26-39)3-7-11-21-35-47-36-22-12-8-4-2-6-10-20-30-42(44-32-24-34-46-44)38-40-27-17-14-18-28-40/h13-18,25-28,41-44H,1-12,19-24,29-38H2. The Labute approximate surface area is 295 Å². The van der Waals surface area contributed by atoms with E-state index in [4.69, 9.17) is 9.47 Å². The Balaban J connectivity index is 0.871. The number of hydrogen-bond donors (Lipinski definition) is 0. The van der Waals surface area contributed by atoms with Crippen LogP contribution in [0.4, 0.5) is 0 Å². The monoisotopic (exact) mass is 663 g/mol. The van der Waals surface area contributed by atoms with E-state index < -0.39 is 0 Å². The lowest BCUT2D eigenvalue weighted by molar-refractivity contribution is 0.0583. The molecular weight excluding hydrogens is 593 g/mol. The second-order valence-corrected chi connectivity index (χ2v) is 16.1. The van der Waals surface area contributed by atoms with E-state index in [2.05, 4.69) is 72.4 Å². The lowest BCUT2D eigenvalue weighted by Crippen LogP contribution is -2.22. The Hall–Kier alpha value is -1.29. The van der Waals surface area contributed by atoms with Crippen molar-refractivity contribution >= 4 is 11.8 Å². The van der Waals surface area contributed by atoms with Crippen LogP contribution in [0.2, 0.25) is 0 Å². The van der Waals surface area contributed by atoms with E-state index in [9.17, 15) is 0 Å². The van der Waals surface area contributed by atoms with Crippen LogP contribution in [0.25, 0.3) is 0 Å². The molecule has 0 N–H and O–H groups in total. The highest BCUT2D eigenvalue weighted by Crippen LogP contribution is 2.30. The van der Waals surface area contributed by atoms with Gasteiger partial charge in [-0.25, -0.2) is 0 Å². The van der Waals surface area contributed by atoms with E-state index in [0.717, 1.165) is 13.2 Å². The predicted octanol–water partition coefficient (Wildman–Crippen LogP) is 12.8. The highest BCUT2D eigenvalue weighted by atomic mass is 32.2. The van der Waals surface area contributed by atoms with E-state index in [0.29, 0.717) is 24.0 Å². The molecule has 2 aliphatic heterocycles. The summed E-state index contributed by atoms with van der Waals surface area (Å²) in [5, 5.41) is 0. The minimum atomic E-state index is 0.500. The fraction of sp³-hybridized carbons (Fsp3) is 0.727. The third kappa shape index (κ3) is 17.3. The second kappa shape index (κ2) is 25.6. The van der Waals surface area contributed by atoms with Gasteiger partial charge in [0.15, 0.2) is 0 Å². The van der Waals surface area contributed by atoms with Crippen LogP contribution in [-0.2, 0) is 22.3 Å². The number of thioether (sulfide) groups is 1. The van der Waals surface area contributed by atoms with Crippen molar-refractivity contribution in [3.63, 3.8) is 0 Å². The first kappa shape index (κ1) is 38.5. The summed E-state index contributed by atoms with van der Waals surface area (Å²) in [6.45, 7) is 1.95. The van der Waals surface area contributed by atoms with Crippen molar-refractivity contribution in [2.24, 2.45) is 11.8 Å². The molecule has 2 fully saturated rings. The molecule has 2 aliphatic rings. The fourth-order valence-electron chi connectivity index (χ4n) is 8.07. The quantitative estimate of drug-likeness (QED) is 0.0845. The third-order valence-electron chi connectivity index (χ3n) is 10.9. The van der Waals surface area contributed by atoms with Gasteiger partial charge in [0.05, 0.1) is 12.2 Å². The molecule has 2 heterocycles. The molecule has 2 aromatic rings. The maximum absolute atomic E-state index is 6.11. The van der Waals surface area contributed by atoms with Crippen molar-refractivity contribution in [1.29, 1.82) is 0 Å². The zero-order valence-electron chi connectivity index (χ0n) is 30.1. The second-order valence-electron chi connectivity index (χ2n) is 14.8. The van der Waals surface area contributed by atoms with Crippen molar-refractivity contribution in [2.45, 2.75) is 166 Å². The molecule has 2 saturated heterocycles. The Morgan fingerprint density at radius 1 is 0.468 bits per heavy atom. The normalized spacial score (nSPS) is 19.3. The van der Waals surface area contributed by atoms with Crippen LogP contribution in [-0.4, -0.2) is 36.9 Å². The van der Waals surface area contributed by atoms with Gasteiger partial charge in [-0.3, -0.25) is 0 Å². The van der Waals surface area contributed by atoms with Crippen LogP contribution in [0.1, 0.15) is 152 Å². The fourth-order valence-corrected chi connectivity index (χ4v) is 9.09. The molecule has 0 saturated carbocycles. The zero-order chi connectivity index (χ0) is 32.5. The first-order chi connectivity index (χ1) is 23.4. The molecule has 4 atom stereocenters. The average molecular weight is 663 g/mol. The van der Waals surface area contributed by atoms with Crippen molar-refractivity contribution < 1.29 is 9.47 Å². The average Bonchev–Trinajstić information content (AvgIpc) is 3.85. The Morgan fingerprint density at radius 3 is 1.19 bits per heavy atom. The minimum Gasteiger partial charge on any atom is -0.378 e.